The van der Waals surface area contributed by atoms with Gasteiger partial charge in [-0.05, 0) is 56.1 Å². The number of halogens is 3. The van der Waals surface area contributed by atoms with E-state index in [4.69, 9.17) is 11.6 Å². The van der Waals surface area contributed by atoms with E-state index in [1.807, 2.05) is 0 Å². The Morgan fingerprint density at radius 2 is 2.08 bits per heavy atom. The maximum absolute atomic E-state index is 9.34. The van der Waals surface area contributed by atoms with E-state index >= 15 is 0 Å². The molecular weight excluding hydrogens is 307 g/mol. The third-order valence-electron chi connectivity index (χ3n) is 1.25. The van der Waals surface area contributed by atoms with Crippen LogP contribution in [0.4, 0.5) is 0 Å². The van der Waals surface area contributed by atoms with Gasteiger partial charge in [-0.2, -0.15) is 0 Å². The highest BCUT2D eigenvalue weighted by Crippen LogP contribution is 2.26. The SMILES string of the molecule is Oc1ccc(Cl)cc1C=C(Br)Br. The summed E-state index contributed by atoms with van der Waals surface area (Å²) in [5.41, 5.74) is 0.672. The minimum Gasteiger partial charge on any atom is -0.507 e. The van der Waals surface area contributed by atoms with Crippen molar-refractivity contribution in [1.82, 2.24) is 0 Å². The van der Waals surface area contributed by atoms with Crippen molar-refractivity contribution in [2.45, 2.75) is 0 Å². The lowest BCUT2D eigenvalue weighted by molar-refractivity contribution is 0.474. The second-order valence-corrected chi connectivity index (χ2v) is 5.35. The highest BCUT2D eigenvalue weighted by molar-refractivity contribution is 9.28. The summed E-state index contributed by atoms with van der Waals surface area (Å²) in [5, 5.41) is 9.94. The van der Waals surface area contributed by atoms with E-state index in [0.29, 0.717) is 10.6 Å². The average Bonchev–Trinajstić information content (AvgIpc) is 1.96. The second kappa shape index (κ2) is 4.30. The molecule has 1 aromatic rings. The number of aromatic hydroxyl groups is 1. The monoisotopic (exact) mass is 310 g/mol. The molecule has 1 nitrogen and oxygen atoms in total. The van der Waals surface area contributed by atoms with E-state index in [1.54, 1.807) is 24.3 Å². The number of benzene rings is 1. The Labute approximate surface area is 92.3 Å². The van der Waals surface area contributed by atoms with Crippen LogP contribution >= 0.6 is 43.5 Å². The van der Waals surface area contributed by atoms with Crippen LogP contribution in [0.15, 0.2) is 21.6 Å². The summed E-state index contributed by atoms with van der Waals surface area (Å²) in [6.45, 7) is 0. The summed E-state index contributed by atoms with van der Waals surface area (Å²) in [6.07, 6.45) is 1.72. The van der Waals surface area contributed by atoms with Crippen LogP contribution in [0.25, 0.3) is 6.08 Å². The molecule has 4 heteroatoms. The van der Waals surface area contributed by atoms with Gasteiger partial charge in [-0.3, -0.25) is 0 Å². The van der Waals surface area contributed by atoms with Crippen molar-refractivity contribution >= 4 is 49.5 Å². The molecule has 0 aromatic heterocycles. The molecule has 0 fully saturated rings. The lowest BCUT2D eigenvalue weighted by Gasteiger charge is -1.98. The van der Waals surface area contributed by atoms with E-state index in [9.17, 15) is 5.11 Å². The van der Waals surface area contributed by atoms with Crippen molar-refractivity contribution in [2.75, 3.05) is 0 Å². The first-order valence-corrected chi connectivity index (χ1v) is 5.07. The van der Waals surface area contributed by atoms with Gasteiger partial charge in [-0.1, -0.05) is 11.6 Å². The van der Waals surface area contributed by atoms with Crippen LogP contribution in [0.2, 0.25) is 5.02 Å². The average molecular weight is 312 g/mol. The Hall–Kier alpha value is 0.01000. The molecule has 0 aliphatic carbocycles. The van der Waals surface area contributed by atoms with Crippen LogP contribution in [0.3, 0.4) is 0 Å². The van der Waals surface area contributed by atoms with E-state index in [0.717, 1.165) is 3.39 Å². The van der Waals surface area contributed by atoms with Gasteiger partial charge in [-0.25, -0.2) is 0 Å². The number of rotatable bonds is 1. The quantitative estimate of drug-likeness (QED) is 0.826. The van der Waals surface area contributed by atoms with Crippen LogP contribution < -0.4 is 0 Å². The molecule has 0 aliphatic rings. The van der Waals surface area contributed by atoms with Crippen molar-refractivity contribution in [3.05, 3.63) is 32.2 Å². The fourth-order valence-corrected chi connectivity index (χ4v) is 1.43. The molecule has 0 unspecified atom stereocenters. The molecular formula is C8H5Br2ClO. The van der Waals surface area contributed by atoms with Gasteiger partial charge in [0.1, 0.15) is 5.75 Å². The summed E-state index contributed by atoms with van der Waals surface area (Å²) in [4.78, 5) is 0. The smallest absolute Gasteiger partial charge is 0.122 e. The molecule has 1 rings (SSSR count). The van der Waals surface area contributed by atoms with Crippen molar-refractivity contribution < 1.29 is 5.11 Å². The molecule has 0 amide bonds. The first kappa shape index (κ1) is 10.1. The predicted molar refractivity (Wildman–Crippen MR) is 58.9 cm³/mol. The summed E-state index contributed by atoms with van der Waals surface area (Å²) < 4.78 is 0.757. The van der Waals surface area contributed by atoms with E-state index < -0.39 is 0 Å². The van der Waals surface area contributed by atoms with Crippen molar-refractivity contribution in [1.29, 1.82) is 0 Å². The maximum atomic E-state index is 9.34. The molecule has 0 atom stereocenters. The van der Waals surface area contributed by atoms with E-state index in [-0.39, 0.29) is 5.75 Å². The molecule has 0 spiro atoms. The molecule has 0 heterocycles. The number of hydrogen-bond donors (Lipinski definition) is 1. The number of phenols is 1. The zero-order valence-corrected chi connectivity index (χ0v) is 9.82. The Kier molecular flexibility index (Phi) is 3.62. The highest BCUT2D eigenvalue weighted by Gasteiger charge is 1.98. The van der Waals surface area contributed by atoms with Crippen LogP contribution in [-0.4, -0.2) is 5.11 Å². The molecule has 0 aliphatic heterocycles. The minimum absolute atomic E-state index is 0.204. The van der Waals surface area contributed by atoms with Gasteiger partial charge >= 0.3 is 0 Å². The molecule has 12 heavy (non-hydrogen) atoms. The summed E-state index contributed by atoms with van der Waals surface area (Å²) in [6, 6.07) is 4.87. The maximum Gasteiger partial charge on any atom is 0.122 e. The fraction of sp³-hybridized carbons (Fsp3) is 0. The van der Waals surface area contributed by atoms with Gasteiger partial charge < -0.3 is 5.11 Å². The Morgan fingerprint density at radius 3 is 2.67 bits per heavy atom. The zero-order chi connectivity index (χ0) is 9.14. The Bertz CT molecular complexity index is 319. The van der Waals surface area contributed by atoms with E-state index in [2.05, 4.69) is 31.9 Å². The van der Waals surface area contributed by atoms with E-state index in [1.165, 1.54) is 0 Å². The first-order valence-electron chi connectivity index (χ1n) is 3.11. The first-order chi connectivity index (χ1) is 5.59. The van der Waals surface area contributed by atoms with Gasteiger partial charge in [0.05, 0.1) is 3.39 Å². The second-order valence-electron chi connectivity index (χ2n) is 2.14. The molecule has 0 radical (unpaired) electrons. The molecule has 0 bridgehead atoms. The summed E-state index contributed by atoms with van der Waals surface area (Å²) in [5.74, 6) is 0.204. The lowest BCUT2D eigenvalue weighted by Crippen LogP contribution is -1.74. The summed E-state index contributed by atoms with van der Waals surface area (Å²) in [7, 11) is 0. The fourth-order valence-electron chi connectivity index (χ4n) is 0.759. The third kappa shape index (κ3) is 2.81. The van der Waals surface area contributed by atoms with Gasteiger partial charge in [-0.15, -0.1) is 0 Å². The lowest BCUT2D eigenvalue weighted by atomic mass is 10.2. The van der Waals surface area contributed by atoms with Gasteiger partial charge in [0.15, 0.2) is 0 Å². The summed E-state index contributed by atoms with van der Waals surface area (Å²) >= 11 is 12.1. The van der Waals surface area contributed by atoms with Gasteiger partial charge in [0, 0.05) is 10.6 Å². The Morgan fingerprint density at radius 1 is 1.42 bits per heavy atom. The molecule has 1 N–H and O–H groups in total. The Balaban J connectivity index is 3.14. The van der Waals surface area contributed by atoms with Crippen LogP contribution in [0, 0.1) is 0 Å². The third-order valence-corrected chi connectivity index (χ3v) is 1.95. The molecule has 0 saturated heterocycles. The van der Waals surface area contributed by atoms with Crippen molar-refractivity contribution in [3.8, 4) is 5.75 Å². The molecule has 1 aromatic carbocycles. The normalized spacial score (nSPS) is 9.58. The highest BCUT2D eigenvalue weighted by atomic mass is 79.9. The predicted octanol–water partition coefficient (Wildman–Crippen LogP) is 4.13. The van der Waals surface area contributed by atoms with Crippen LogP contribution in [0.1, 0.15) is 5.56 Å². The molecule has 0 saturated carbocycles. The molecule has 64 valence electrons. The topological polar surface area (TPSA) is 20.2 Å². The van der Waals surface area contributed by atoms with Crippen LogP contribution in [-0.2, 0) is 0 Å². The van der Waals surface area contributed by atoms with Crippen molar-refractivity contribution in [3.63, 3.8) is 0 Å². The number of hydrogen-bond acceptors (Lipinski definition) is 1. The van der Waals surface area contributed by atoms with Gasteiger partial charge in [0.2, 0.25) is 0 Å². The standard InChI is InChI=1S/C8H5Br2ClO/c9-8(10)4-5-3-6(11)1-2-7(5)12/h1-4,12H. The largest absolute Gasteiger partial charge is 0.507 e. The van der Waals surface area contributed by atoms with Gasteiger partial charge in [0.25, 0.3) is 0 Å². The van der Waals surface area contributed by atoms with Crippen LogP contribution in [0.5, 0.6) is 5.75 Å². The zero-order valence-electron chi connectivity index (χ0n) is 5.89. The van der Waals surface area contributed by atoms with Crippen molar-refractivity contribution in [2.24, 2.45) is 0 Å². The number of phenolic OH excluding ortho intramolecular Hbond substituents is 1. The minimum atomic E-state index is 0.204.